The van der Waals surface area contributed by atoms with Gasteiger partial charge in [-0.25, -0.2) is 4.85 Å². The van der Waals surface area contributed by atoms with Crippen molar-refractivity contribution in [2.75, 3.05) is 0 Å². The number of hydrogen-bond acceptors (Lipinski definition) is 3. The average molecular weight is 776 g/mol. The molecule has 0 aliphatic rings. The lowest BCUT2D eigenvalue weighted by molar-refractivity contribution is 0.669. The van der Waals surface area contributed by atoms with E-state index in [0.717, 1.165) is 104 Å². The summed E-state index contributed by atoms with van der Waals surface area (Å²) in [5.41, 5.74) is 10.4. The Bertz CT molecular complexity index is 3980. The summed E-state index contributed by atoms with van der Waals surface area (Å²) in [6, 6.07) is 58.6. The predicted octanol–water partition coefficient (Wildman–Crippen LogP) is 14.7. The van der Waals surface area contributed by atoms with Crippen molar-refractivity contribution in [1.82, 2.24) is 14.1 Å². The van der Waals surface area contributed by atoms with Crippen molar-refractivity contribution in [2.45, 2.75) is 0 Å². The molecular formula is C55H29N5O. The second-order valence-electron chi connectivity index (χ2n) is 15.6. The lowest BCUT2D eigenvalue weighted by Crippen LogP contribution is -2.09. The molecule has 0 atom stereocenters. The Labute approximate surface area is 348 Å². The van der Waals surface area contributed by atoms with Crippen LogP contribution < -0.4 is 0 Å². The van der Waals surface area contributed by atoms with Gasteiger partial charge in [0.05, 0.1) is 57.2 Å². The number of aromatic nitrogens is 3. The van der Waals surface area contributed by atoms with Crippen LogP contribution in [0, 0.1) is 17.9 Å². The molecule has 0 fully saturated rings. The Morgan fingerprint density at radius 1 is 0.475 bits per heavy atom. The van der Waals surface area contributed by atoms with E-state index in [1.807, 2.05) is 79.1 Å². The number of nitrogens with zero attached hydrogens (tertiary/aromatic N) is 5. The molecule has 6 heteroatoms. The SMILES string of the molecule is [C-]#[N+]c1c(-c2ccccc2)c(C#N)c(-n2c3ccccc3c3ccc4oc5ccccc5c4c32)c(-c2ccccc2)c1-n1c2cccc3c4ccccc4c4cncc1c4c32. The summed E-state index contributed by atoms with van der Waals surface area (Å²) in [5.74, 6) is 0. The molecule has 4 aromatic heterocycles. The zero-order valence-electron chi connectivity index (χ0n) is 32.4. The molecule has 0 radical (unpaired) electrons. The van der Waals surface area contributed by atoms with Crippen molar-refractivity contribution in [3.8, 4) is 39.7 Å². The molecule has 13 aromatic rings. The number of rotatable bonds is 4. The van der Waals surface area contributed by atoms with Gasteiger partial charge in [0.1, 0.15) is 17.2 Å². The first-order chi connectivity index (χ1) is 30.2. The van der Waals surface area contributed by atoms with Gasteiger partial charge in [0.2, 0.25) is 5.69 Å². The maximum absolute atomic E-state index is 11.8. The molecule has 0 N–H and O–H groups in total. The maximum Gasteiger partial charge on any atom is 0.220 e. The van der Waals surface area contributed by atoms with Gasteiger partial charge in [-0.3, -0.25) is 4.98 Å². The first-order valence-corrected chi connectivity index (χ1v) is 20.2. The summed E-state index contributed by atoms with van der Waals surface area (Å²) < 4.78 is 11.1. The van der Waals surface area contributed by atoms with Crippen LogP contribution in [-0.4, -0.2) is 14.1 Å². The van der Waals surface area contributed by atoms with Crippen LogP contribution in [0.2, 0.25) is 0 Å². The second kappa shape index (κ2) is 12.4. The van der Waals surface area contributed by atoms with Crippen LogP contribution in [0.3, 0.4) is 0 Å². The van der Waals surface area contributed by atoms with Crippen molar-refractivity contribution >= 4 is 92.8 Å². The molecule has 13 rings (SSSR count). The standard InChI is InChI=1S/C55H29N5O/c1-57-52-47(32-15-4-2-5-16-32)40(29-56)54(60-42-24-12-10-21-36(42)38-27-28-46-51(53(38)60)39-22-11-13-26-45(39)61-46)48(33-17-6-3-7-18-33)55(52)59-43-25-14-23-37-34-19-8-9-20-35(34)41-30-58-31-44(59)50(41)49(37)43/h2-28,30-31H. The van der Waals surface area contributed by atoms with Gasteiger partial charge in [-0.1, -0.05) is 133 Å². The topological polar surface area (TPSA) is 64.0 Å². The van der Waals surface area contributed by atoms with Gasteiger partial charge in [-0.15, -0.1) is 0 Å². The van der Waals surface area contributed by atoms with Gasteiger partial charge in [-0.05, 0) is 57.6 Å². The number of pyridine rings is 1. The monoisotopic (exact) mass is 775 g/mol. The zero-order chi connectivity index (χ0) is 40.3. The van der Waals surface area contributed by atoms with Crippen molar-refractivity contribution in [3.63, 3.8) is 0 Å². The van der Waals surface area contributed by atoms with E-state index in [1.54, 1.807) is 0 Å². The smallest absolute Gasteiger partial charge is 0.220 e. The maximum atomic E-state index is 11.8. The highest BCUT2D eigenvalue weighted by atomic mass is 16.3. The highest BCUT2D eigenvalue weighted by Crippen LogP contribution is 2.54. The van der Waals surface area contributed by atoms with E-state index in [9.17, 15) is 11.8 Å². The molecule has 280 valence electrons. The van der Waals surface area contributed by atoms with E-state index in [-0.39, 0.29) is 0 Å². The van der Waals surface area contributed by atoms with Crippen LogP contribution in [0.25, 0.3) is 126 Å². The molecule has 9 aromatic carbocycles. The minimum atomic E-state index is 0.386. The van der Waals surface area contributed by atoms with Crippen molar-refractivity contribution in [3.05, 3.63) is 193 Å². The van der Waals surface area contributed by atoms with Gasteiger partial charge < -0.3 is 13.6 Å². The van der Waals surface area contributed by atoms with E-state index in [1.165, 1.54) is 0 Å². The van der Waals surface area contributed by atoms with Crippen molar-refractivity contribution < 1.29 is 4.42 Å². The molecule has 0 saturated carbocycles. The van der Waals surface area contributed by atoms with Gasteiger partial charge in [-0.2, -0.15) is 5.26 Å². The van der Waals surface area contributed by atoms with Crippen LogP contribution in [0.15, 0.2) is 181 Å². The molecule has 0 unspecified atom stereocenters. The van der Waals surface area contributed by atoms with Crippen molar-refractivity contribution in [2.24, 2.45) is 0 Å². The van der Waals surface area contributed by atoms with Gasteiger partial charge in [0.25, 0.3) is 0 Å². The Morgan fingerprint density at radius 3 is 1.85 bits per heavy atom. The third kappa shape index (κ3) is 4.35. The van der Waals surface area contributed by atoms with Gasteiger partial charge >= 0.3 is 0 Å². The predicted molar refractivity (Wildman–Crippen MR) is 248 cm³/mol. The normalized spacial score (nSPS) is 11.9. The molecule has 4 heterocycles. The third-order valence-electron chi connectivity index (χ3n) is 12.6. The minimum absolute atomic E-state index is 0.386. The van der Waals surface area contributed by atoms with Crippen LogP contribution in [0.4, 0.5) is 5.69 Å². The van der Waals surface area contributed by atoms with E-state index in [2.05, 4.69) is 117 Å². The number of benzene rings is 9. The third-order valence-corrected chi connectivity index (χ3v) is 12.6. The summed E-state index contributed by atoms with van der Waals surface area (Å²) in [6.45, 7) is 9.18. The fourth-order valence-corrected chi connectivity index (χ4v) is 10.3. The van der Waals surface area contributed by atoms with E-state index < -0.39 is 0 Å². The molecule has 6 nitrogen and oxygen atoms in total. The average Bonchev–Trinajstić information content (AvgIpc) is 3.99. The largest absolute Gasteiger partial charge is 0.456 e. The number of hydrogen-bond donors (Lipinski definition) is 0. The first kappa shape index (κ1) is 33.3. The molecule has 61 heavy (non-hydrogen) atoms. The van der Waals surface area contributed by atoms with E-state index in [4.69, 9.17) is 9.40 Å². The van der Waals surface area contributed by atoms with Crippen LogP contribution >= 0.6 is 0 Å². The van der Waals surface area contributed by atoms with E-state index >= 15 is 0 Å². The fourth-order valence-electron chi connectivity index (χ4n) is 10.3. The van der Waals surface area contributed by atoms with Crippen molar-refractivity contribution in [1.29, 1.82) is 5.26 Å². The molecule has 0 bridgehead atoms. The number of fused-ring (bicyclic) bond motifs is 10. The Hall–Kier alpha value is -8.71. The molecule has 0 spiro atoms. The summed E-state index contributed by atoms with van der Waals surface area (Å²) in [7, 11) is 0. The Kier molecular flexibility index (Phi) is 6.76. The second-order valence-corrected chi connectivity index (χ2v) is 15.6. The van der Waals surface area contributed by atoms with Crippen LogP contribution in [-0.2, 0) is 0 Å². The van der Waals surface area contributed by atoms with Crippen LogP contribution in [0.5, 0.6) is 0 Å². The summed E-state index contributed by atoms with van der Waals surface area (Å²) >= 11 is 0. The highest BCUT2D eigenvalue weighted by Gasteiger charge is 2.33. The van der Waals surface area contributed by atoms with Crippen LogP contribution in [0.1, 0.15) is 5.56 Å². The lowest BCUT2D eigenvalue weighted by Gasteiger charge is -2.25. The summed E-state index contributed by atoms with van der Waals surface area (Å²) in [5, 5.41) is 22.5. The quantitative estimate of drug-likeness (QED) is 0.132. The molecule has 0 amide bonds. The fraction of sp³-hybridized carbons (Fsp3) is 0. The Morgan fingerprint density at radius 2 is 1.10 bits per heavy atom. The minimum Gasteiger partial charge on any atom is -0.456 e. The number of furan rings is 1. The highest BCUT2D eigenvalue weighted by molar-refractivity contribution is 6.34. The molecule has 0 saturated heterocycles. The zero-order valence-corrected chi connectivity index (χ0v) is 32.4. The van der Waals surface area contributed by atoms with E-state index in [0.29, 0.717) is 28.2 Å². The lowest BCUT2D eigenvalue weighted by atomic mass is 9.88. The van der Waals surface area contributed by atoms with Gasteiger partial charge in [0.15, 0.2) is 0 Å². The summed E-state index contributed by atoms with van der Waals surface area (Å²) in [6.07, 6.45) is 3.90. The van der Waals surface area contributed by atoms with Gasteiger partial charge in [0, 0.05) is 49.6 Å². The molecular weight excluding hydrogens is 747 g/mol. The number of nitriles is 1. The number of para-hydroxylation sites is 2. The summed E-state index contributed by atoms with van der Waals surface area (Å²) in [4.78, 5) is 9.38. The molecule has 0 aliphatic carbocycles. The first-order valence-electron chi connectivity index (χ1n) is 20.2. The Balaban J connectivity index is 1.35. The molecule has 0 aliphatic heterocycles.